The predicted octanol–water partition coefficient (Wildman–Crippen LogP) is 7.14. The lowest BCUT2D eigenvalue weighted by Crippen LogP contribution is -2.07. The highest BCUT2D eigenvalue weighted by atomic mass is 32.2. The molecule has 5 heteroatoms. The fourth-order valence-electron chi connectivity index (χ4n) is 4.09. The molecule has 0 aliphatic rings. The van der Waals surface area contributed by atoms with Gasteiger partial charge in [0.2, 0.25) is 0 Å². The summed E-state index contributed by atoms with van der Waals surface area (Å²) in [6, 6.07) is 29.4. The van der Waals surface area contributed by atoms with E-state index in [0.717, 1.165) is 39.7 Å². The molecular weight excluding hydrogens is 424 g/mol. The molecule has 0 fully saturated rings. The SMILES string of the molecule is CC(C)Cn1c(SCc2ccccc2)nc2c(NCc3ccccc3)nc3ccccc3c21. The molecule has 0 saturated heterocycles. The van der Waals surface area contributed by atoms with Gasteiger partial charge in [0.1, 0.15) is 5.52 Å². The highest BCUT2D eigenvalue weighted by molar-refractivity contribution is 7.98. The molecule has 0 atom stereocenters. The number of nitrogens with zero attached hydrogens (tertiary/aromatic N) is 3. The number of benzene rings is 3. The van der Waals surface area contributed by atoms with E-state index in [1.165, 1.54) is 16.6 Å². The molecular formula is C28H28N4S. The fraction of sp³-hybridized carbons (Fsp3) is 0.214. The molecule has 0 spiro atoms. The molecule has 0 unspecified atom stereocenters. The summed E-state index contributed by atoms with van der Waals surface area (Å²) in [5, 5.41) is 5.76. The Morgan fingerprint density at radius 3 is 2.21 bits per heavy atom. The van der Waals surface area contributed by atoms with Crippen LogP contribution in [-0.2, 0) is 18.8 Å². The second-order valence-corrected chi connectivity index (χ2v) is 9.63. The van der Waals surface area contributed by atoms with E-state index in [1.54, 1.807) is 11.8 Å². The highest BCUT2D eigenvalue weighted by Gasteiger charge is 2.19. The Balaban J connectivity index is 1.61. The minimum Gasteiger partial charge on any atom is -0.364 e. The molecule has 2 heterocycles. The molecule has 0 saturated carbocycles. The maximum atomic E-state index is 5.14. The normalized spacial score (nSPS) is 11.5. The summed E-state index contributed by atoms with van der Waals surface area (Å²) in [5.74, 6) is 2.24. The van der Waals surface area contributed by atoms with E-state index in [2.05, 4.69) is 103 Å². The zero-order valence-corrected chi connectivity index (χ0v) is 19.8. The summed E-state index contributed by atoms with van der Waals surface area (Å²) >= 11 is 1.80. The molecule has 0 aliphatic carbocycles. The van der Waals surface area contributed by atoms with Crippen LogP contribution in [0.3, 0.4) is 0 Å². The van der Waals surface area contributed by atoms with E-state index in [-0.39, 0.29) is 0 Å². The Labute approximate surface area is 199 Å². The summed E-state index contributed by atoms with van der Waals surface area (Å²) < 4.78 is 2.39. The van der Waals surface area contributed by atoms with E-state index < -0.39 is 0 Å². The molecule has 4 nitrogen and oxygen atoms in total. The van der Waals surface area contributed by atoms with Crippen molar-refractivity contribution in [2.24, 2.45) is 5.92 Å². The monoisotopic (exact) mass is 452 g/mol. The van der Waals surface area contributed by atoms with E-state index in [9.17, 15) is 0 Å². The number of rotatable bonds is 8. The minimum atomic E-state index is 0.506. The van der Waals surface area contributed by atoms with Crippen molar-refractivity contribution < 1.29 is 0 Å². The van der Waals surface area contributed by atoms with E-state index in [4.69, 9.17) is 9.97 Å². The standard InChI is InChI=1S/C28H28N4S/c1-20(2)18-32-26-23-15-9-10-16-24(23)30-27(29-17-21-11-5-3-6-12-21)25(26)31-28(32)33-19-22-13-7-4-8-14-22/h3-16,20H,17-19H2,1-2H3,(H,29,30). The number of para-hydroxylation sites is 1. The zero-order valence-electron chi connectivity index (χ0n) is 19.0. The molecule has 0 amide bonds. The third-order valence-corrected chi connectivity index (χ3v) is 6.66. The largest absolute Gasteiger partial charge is 0.364 e. The maximum Gasteiger partial charge on any atom is 0.169 e. The highest BCUT2D eigenvalue weighted by Crippen LogP contribution is 2.35. The van der Waals surface area contributed by atoms with Crippen LogP contribution in [0.15, 0.2) is 90.1 Å². The van der Waals surface area contributed by atoms with Gasteiger partial charge in [0.15, 0.2) is 11.0 Å². The third-order valence-electron chi connectivity index (χ3n) is 5.61. The number of nitrogens with one attached hydrogen (secondary N) is 1. The number of hydrogen-bond donors (Lipinski definition) is 1. The molecule has 3 aromatic carbocycles. The first-order valence-corrected chi connectivity index (χ1v) is 12.4. The first kappa shape index (κ1) is 21.5. The van der Waals surface area contributed by atoms with Gasteiger partial charge in [-0.15, -0.1) is 0 Å². The molecule has 5 rings (SSSR count). The van der Waals surface area contributed by atoms with Gasteiger partial charge >= 0.3 is 0 Å². The van der Waals surface area contributed by atoms with Gasteiger partial charge in [-0.2, -0.15) is 0 Å². The average Bonchev–Trinajstić information content (AvgIpc) is 3.20. The quantitative estimate of drug-likeness (QED) is 0.254. The van der Waals surface area contributed by atoms with Gasteiger partial charge in [-0.1, -0.05) is 104 Å². The Morgan fingerprint density at radius 1 is 0.818 bits per heavy atom. The number of imidazole rings is 1. The number of fused-ring (bicyclic) bond motifs is 3. The number of aromatic nitrogens is 3. The van der Waals surface area contributed by atoms with Gasteiger partial charge in [-0.25, -0.2) is 9.97 Å². The number of pyridine rings is 1. The van der Waals surface area contributed by atoms with Gasteiger partial charge in [0.05, 0.1) is 11.0 Å². The van der Waals surface area contributed by atoms with Crippen molar-refractivity contribution in [1.29, 1.82) is 0 Å². The van der Waals surface area contributed by atoms with E-state index in [1.807, 2.05) is 6.07 Å². The maximum absolute atomic E-state index is 5.14. The fourth-order valence-corrected chi connectivity index (χ4v) is 5.05. The average molecular weight is 453 g/mol. The lowest BCUT2D eigenvalue weighted by atomic mass is 10.1. The predicted molar refractivity (Wildman–Crippen MR) is 140 cm³/mol. The molecule has 166 valence electrons. The van der Waals surface area contributed by atoms with Crippen LogP contribution in [0.5, 0.6) is 0 Å². The van der Waals surface area contributed by atoms with Gasteiger partial charge in [-0.3, -0.25) is 0 Å². The van der Waals surface area contributed by atoms with Crippen molar-refractivity contribution in [3.63, 3.8) is 0 Å². The van der Waals surface area contributed by atoms with Crippen molar-refractivity contribution in [1.82, 2.24) is 14.5 Å². The van der Waals surface area contributed by atoms with Crippen LogP contribution in [-0.4, -0.2) is 14.5 Å². The Hall–Kier alpha value is -3.31. The van der Waals surface area contributed by atoms with Crippen molar-refractivity contribution in [2.75, 3.05) is 5.32 Å². The lowest BCUT2D eigenvalue weighted by molar-refractivity contribution is 0.505. The second-order valence-electron chi connectivity index (χ2n) is 8.69. The summed E-state index contributed by atoms with van der Waals surface area (Å²) in [6.45, 7) is 6.15. The third kappa shape index (κ3) is 4.74. The summed E-state index contributed by atoms with van der Waals surface area (Å²) in [5.41, 5.74) is 5.63. The van der Waals surface area contributed by atoms with Crippen LogP contribution in [0, 0.1) is 5.92 Å². The van der Waals surface area contributed by atoms with Crippen LogP contribution in [0.25, 0.3) is 21.9 Å². The molecule has 1 N–H and O–H groups in total. The minimum absolute atomic E-state index is 0.506. The van der Waals surface area contributed by atoms with Gasteiger partial charge in [-0.05, 0) is 23.1 Å². The zero-order chi connectivity index (χ0) is 22.6. The molecule has 0 aliphatic heterocycles. The molecule has 5 aromatic rings. The summed E-state index contributed by atoms with van der Waals surface area (Å²) in [6.07, 6.45) is 0. The van der Waals surface area contributed by atoms with Crippen LogP contribution in [0.2, 0.25) is 0 Å². The van der Waals surface area contributed by atoms with Crippen molar-refractivity contribution in [3.05, 3.63) is 96.1 Å². The summed E-state index contributed by atoms with van der Waals surface area (Å²) in [4.78, 5) is 10.1. The molecule has 2 aromatic heterocycles. The van der Waals surface area contributed by atoms with Gasteiger partial charge in [0, 0.05) is 24.2 Å². The first-order valence-electron chi connectivity index (χ1n) is 11.4. The smallest absolute Gasteiger partial charge is 0.169 e. The molecule has 0 bridgehead atoms. The van der Waals surface area contributed by atoms with E-state index >= 15 is 0 Å². The molecule has 0 radical (unpaired) electrons. The topological polar surface area (TPSA) is 42.7 Å². The van der Waals surface area contributed by atoms with Crippen molar-refractivity contribution in [2.45, 2.75) is 37.8 Å². The second kappa shape index (κ2) is 9.67. The first-order chi connectivity index (χ1) is 16.2. The Bertz CT molecular complexity index is 1360. The van der Waals surface area contributed by atoms with Gasteiger partial charge in [0.25, 0.3) is 0 Å². The van der Waals surface area contributed by atoms with Crippen molar-refractivity contribution >= 4 is 39.5 Å². The van der Waals surface area contributed by atoms with Crippen LogP contribution >= 0.6 is 11.8 Å². The molecule has 33 heavy (non-hydrogen) atoms. The Morgan fingerprint density at radius 2 is 1.48 bits per heavy atom. The van der Waals surface area contributed by atoms with Crippen LogP contribution in [0.4, 0.5) is 5.82 Å². The Kier molecular flexibility index (Phi) is 6.31. The van der Waals surface area contributed by atoms with Crippen LogP contribution < -0.4 is 5.32 Å². The summed E-state index contributed by atoms with van der Waals surface area (Å²) in [7, 11) is 0. The van der Waals surface area contributed by atoms with E-state index in [0.29, 0.717) is 12.5 Å². The van der Waals surface area contributed by atoms with Crippen molar-refractivity contribution in [3.8, 4) is 0 Å². The number of hydrogen-bond acceptors (Lipinski definition) is 4. The lowest BCUT2D eigenvalue weighted by Gasteiger charge is -2.13. The number of thioether (sulfide) groups is 1. The number of anilines is 1. The van der Waals surface area contributed by atoms with Gasteiger partial charge < -0.3 is 9.88 Å². The van der Waals surface area contributed by atoms with Crippen LogP contribution in [0.1, 0.15) is 25.0 Å².